The Labute approximate surface area is 185 Å². The molecule has 0 bridgehead atoms. The minimum absolute atomic E-state index is 0.0139. The zero-order valence-corrected chi connectivity index (χ0v) is 17.6. The SMILES string of the molecule is O=C(Nc1ccc2c(c1)S(=O)(=O)c1ccccc1O2)N(c1ccccc1)c1ccccc1. The number of benzene rings is 4. The summed E-state index contributed by atoms with van der Waals surface area (Å²) in [6, 6.07) is 29.1. The van der Waals surface area contributed by atoms with Crippen LogP contribution in [0.2, 0.25) is 0 Å². The van der Waals surface area contributed by atoms with Gasteiger partial charge in [-0.05, 0) is 54.6 Å². The molecule has 7 heteroatoms. The summed E-state index contributed by atoms with van der Waals surface area (Å²) < 4.78 is 32.0. The van der Waals surface area contributed by atoms with E-state index in [1.54, 1.807) is 30.3 Å². The lowest BCUT2D eigenvalue weighted by atomic mass is 10.2. The molecule has 0 fully saturated rings. The topological polar surface area (TPSA) is 75.7 Å². The average Bonchev–Trinajstić information content (AvgIpc) is 2.81. The number of hydrogen-bond acceptors (Lipinski definition) is 4. The van der Waals surface area contributed by atoms with E-state index < -0.39 is 15.9 Å². The van der Waals surface area contributed by atoms with Gasteiger partial charge in [0, 0.05) is 5.69 Å². The number of sulfone groups is 1. The predicted octanol–water partition coefficient (Wildman–Crippen LogP) is 6.00. The maximum absolute atomic E-state index is 13.3. The molecule has 1 aliphatic heterocycles. The molecule has 2 amide bonds. The second-order valence-corrected chi connectivity index (χ2v) is 9.04. The van der Waals surface area contributed by atoms with Gasteiger partial charge in [0.15, 0.2) is 0 Å². The Hall–Kier alpha value is -4.10. The van der Waals surface area contributed by atoms with Gasteiger partial charge in [-0.2, -0.15) is 0 Å². The van der Waals surface area contributed by atoms with E-state index in [9.17, 15) is 13.2 Å². The minimum atomic E-state index is -3.77. The van der Waals surface area contributed by atoms with Gasteiger partial charge in [0.2, 0.25) is 9.84 Å². The molecular weight excluding hydrogens is 424 g/mol. The van der Waals surface area contributed by atoms with E-state index in [4.69, 9.17) is 4.74 Å². The van der Waals surface area contributed by atoms with Crippen molar-refractivity contribution in [2.75, 3.05) is 10.2 Å². The molecule has 0 unspecified atom stereocenters. The number of nitrogens with one attached hydrogen (secondary N) is 1. The highest BCUT2D eigenvalue weighted by Crippen LogP contribution is 2.43. The number of carbonyl (C=O) groups excluding carboxylic acids is 1. The summed E-state index contributed by atoms with van der Waals surface area (Å²) in [7, 11) is -3.77. The van der Waals surface area contributed by atoms with E-state index in [2.05, 4.69) is 5.32 Å². The Kier molecular flexibility index (Phi) is 4.88. The smallest absolute Gasteiger partial charge is 0.330 e. The summed E-state index contributed by atoms with van der Waals surface area (Å²) in [6.07, 6.45) is 0. The molecule has 0 aliphatic carbocycles. The predicted molar refractivity (Wildman–Crippen MR) is 122 cm³/mol. The Morgan fingerprint density at radius 3 is 1.91 bits per heavy atom. The quantitative estimate of drug-likeness (QED) is 0.372. The molecule has 1 N–H and O–H groups in total. The second-order valence-electron chi connectivity index (χ2n) is 7.15. The number of anilines is 3. The molecule has 0 radical (unpaired) electrons. The van der Waals surface area contributed by atoms with Crippen molar-refractivity contribution in [1.82, 2.24) is 0 Å². The lowest BCUT2D eigenvalue weighted by Crippen LogP contribution is -2.30. The first-order chi connectivity index (χ1) is 15.5. The molecule has 32 heavy (non-hydrogen) atoms. The van der Waals surface area contributed by atoms with Crippen LogP contribution in [0.5, 0.6) is 11.5 Å². The number of nitrogens with zero attached hydrogens (tertiary/aromatic N) is 1. The van der Waals surface area contributed by atoms with Crippen LogP contribution in [0.4, 0.5) is 21.9 Å². The van der Waals surface area contributed by atoms with Gasteiger partial charge in [-0.3, -0.25) is 4.90 Å². The fourth-order valence-electron chi connectivity index (χ4n) is 3.59. The highest BCUT2D eigenvalue weighted by molar-refractivity contribution is 7.91. The summed E-state index contributed by atoms with van der Waals surface area (Å²) in [6.45, 7) is 0. The van der Waals surface area contributed by atoms with Crippen molar-refractivity contribution in [2.24, 2.45) is 0 Å². The standard InChI is InChI=1S/C25H18N2O4S/c28-25(27(19-9-3-1-4-10-19)20-11-5-2-6-12-20)26-18-15-16-22-24(17-18)32(29,30)23-14-8-7-13-21(23)31-22/h1-17H,(H,26,28). The van der Waals surface area contributed by atoms with Gasteiger partial charge < -0.3 is 10.1 Å². The number of fused-ring (bicyclic) bond motifs is 2. The molecule has 4 aromatic carbocycles. The highest BCUT2D eigenvalue weighted by atomic mass is 32.2. The number of ether oxygens (including phenoxy) is 1. The number of carbonyl (C=O) groups is 1. The third kappa shape index (κ3) is 3.48. The maximum Gasteiger partial charge on any atom is 0.330 e. The zero-order valence-electron chi connectivity index (χ0n) is 16.8. The molecule has 0 saturated carbocycles. The van der Waals surface area contributed by atoms with Gasteiger partial charge in [-0.15, -0.1) is 0 Å². The maximum atomic E-state index is 13.3. The van der Waals surface area contributed by atoms with Crippen LogP contribution < -0.4 is 15.0 Å². The fraction of sp³-hybridized carbons (Fsp3) is 0. The molecule has 0 saturated heterocycles. The van der Waals surface area contributed by atoms with Crippen LogP contribution in [0.25, 0.3) is 0 Å². The largest absolute Gasteiger partial charge is 0.455 e. The number of urea groups is 1. The molecule has 1 heterocycles. The van der Waals surface area contributed by atoms with Gasteiger partial charge in [-0.1, -0.05) is 48.5 Å². The summed E-state index contributed by atoms with van der Waals surface area (Å²) in [5.74, 6) is 0.515. The van der Waals surface area contributed by atoms with Crippen molar-refractivity contribution in [3.05, 3.63) is 103 Å². The Bertz CT molecular complexity index is 1370. The van der Waals surface area contributed by atoms with Crippen LogP contribution in [0.15, 0.2) is 113 Å². The summed E-state index contributed by atoms with van der Waals surface area (Å²) in [5.41, 5.74) is 1.70. The van der Waals surface area contributed by atoms with Crippen molar-refractivity contribution >= 4 is 32.9 Å². The van der Waals surface area contributed by atoms with Crippen molar-refractivity contribution in [3.8, 4) is 11.5 Å². The third-order valence-corrected chi connectivity index (χ3v) is 6.89. The Morgan fingerprint density at radius 2 is 1.25 bits per heavy atom. The number of amides is 2. The van der Waals surface area contributed by atoms with Crippen LogP contribution in [-0.4, -0.2) is 14.4 Å². The van der Waals surface area contributed by atoms with Gasteiger partial charge in [0.05, 0.1) is 11.4 Å². The van der Waals surface area contributed by atoms with E-state index in [1.165, 1.54) is 17.0 Å². The summed E-state index contributed by atoms with van der Waals surface area (Å²) >= 11 is 0. The normalized spacial score (nSPS) is 13.2. The molecule has 0 aromatic heterocycles. The van der Waals surface area contributed by atoms with E-state index in [0.717, 1.165) is 0 Å². The van der Waals surface area contributed by atoms with Crippen molar-refractivity contribution in [3.63, 3.8) is 0 Å². The van der Waals surface area contributed by atoms with Crippen molar-refractivity contribution in [1.29, 1.82) is 0 Å². The lowest BCUT2D eigenvalue weighted by molar-refractivity contribution is 0.259. The average molecular weight is 442 g/mol. The molecule has 5 rings (SSSR count). The van der Waals surface area contributed by atoms with Gasteiger partial charge in [0.25, 0.3) is 0 Å². The van der Waals surface area contributed by atoms with Crippen molar-refractivity contribution < 1.29 is 17.9 Å². The van der Waals surface area contributed by atoms with Crippen molar-refractivity contribution in [2.45, 2.75) is 9.79 Å². The Balaban J connectivity index is 1.50. The number of para-hydroxylation sites is 3. The first kappa shape index (κ1) is 19.8. The lowest BCUT2D eigenvalue weighted by Gasteiger charge is -2.24. The summed E-state index contributed by atoms with van der Waals surface area (Å²) in [4.78, 5) is 14.9. The Morgan fingerprint density at radius 1 is 0.688 bits per heavy atom. The first-order valence-corrected chi connectivity index (χ1v) is 11.4. The van der Waals surface area contributed by atoms with Crippen LogP contribution in [0, 0.1) is 0 Å². The van der Waals surface area contributed by atoms with Gasteiger partial charge in [0.1, 0.15) is 21.3 Å². The van der Waals surface area contributed by atoms with Gasteiger partial charge in [-0.25, -0.2) is 13.2 Å². The number of hydrogen-bond donors (Lipinski definition) is 1. The molecule has 1 aliphatic rings. The monoisotopic (exact) mass is 442 g/mol. The molecular formula is C25H18N2O4S. The number of rotatable bonds is 3. The van der Waals surface area contributed by atoms with E-state index in [1.807, 2.05) is 60.7 Å². The van der Waals surface area contributed by atoms with E-state index in [-0.39, 0.29) is 21.3 Å². The van der Waals surface area contributed by atoms with Crippen LogP contribution in [0.3, 0.4) is 0 Å². The molecule has 6 nitrogen and oxygen atoms in total. The van der Waals surface area contributed by atoms with E-state index >= 15 is 0 Å². The third-order valence-electron chi connectivity index (χ3n) is 5.07. The van der Waals surface area contributed by atoms with Crippen LogP contribution >= 0.6 is 0 Å². The van der Waals surface area contributed by atoms with E-state index in [0.29, 0.717) is 17.1 Å². The van der Waals surface area contributed by atoms with Crippen LogP contribution in [0.1, 0.15) is 0 Å². The molecule has 0 atom stereocenters. The molecule has 0 spiro atoms. The second kappa shape index (κ2) is 7.86. The minimum Gasteiger partial charge on any atom is -0.455 e. The zero-order chi connectivity index (χ0) is 22.1. The van der Waals surface area contributed by atoms with Crippen LogP contribution in [-0.2, 0) is 9.84 Å². The fourth-order valence-corrected chi connectivity index (χ4v) is 5.12. The summed E-state index contributed by atoms with van der Waals surface area (Å²) in [5, 5.41) is 2.82. The highest BCUT2D eigenvalue weighted by Gasteiger charge is 2.31. The molecule has 158 valence electrons. The molecule has 4 aromatic rings. The first-order valence-electron chi connectivity index (χ1n) is 9.91. The van der Waals surface area contributed by atoms with Gasteiger partial charge >= 0.3 is 6.03 Å².